The van der Waals surface area contributed by atoms with E-state index < -0.39 is 10.4 Å². The van der Waals surface area contributed by atoms with Crippen LogP contribution in [-0.2, 0) is 24.1 Å². The highest BCUT2D eigenvalue weighted by Crippen LogP contribution is 2.09. The molecule has 1 atom stereocenters. The van der Waals surface area contributed by atoms with Crippen LogP contribution in [0.15, 0.2) is 5.11 Å². The third-order valence-corrected chi connectivity index (χ3v) is 2.41. The van der Waals surface area contributed by atoms with Crippen LogP contribution in [0.5, 0.6) is 0 Å². The minimum absolute atomic E-state index is 0.156. The first-order valence-corrected chi connectivity index (χ1v) is 7.70. The molecule has 0 spiro atoms. The molecule has 0 saturated carbocycles. The molecule has 124 valence electrons. The van der Waals surface area contributed by atoms with Crippen LogP contribution in [0.3, 0.4) is 0 Å². The molecule has 0 aliphatic carbocycles. The summed E-state index contributed by atoms with van der Waals surface area (Å²) in [5.41, 5.74) is 7.97. The second-order valence-corrected chi connectivity index (χ2v) is 4.59. The Morgan fingerprint density at radius 3 is 2.48 bits per heavy atom. The topological polar surface area (TPSA) is 151 Å². The maximum Gasteiger partial charge on any atom is 0.397 e. The van der Waals surface area contributed by atoms with Gasteiger partial charge in [0, 0.05) is 11.5 Å². The van der Waals surface area contributed by atoms with E-state index in [0.29, 0.717) is 6.61 Å². The average Bonchev–Trinajstić information content (AvgIpc) is 2.48. The summed E-state index contributed by atoms with van der Waals surface area (Å²) in [5.74, 6) is -0.287. The summed E-state index contributed by atoms with van der Waals surface area (Å²) in [5, 5.41) is 5.78. The van der Waals surface area contributed by atoms with Gasteiger partial charge in [0.1, 0.15) is 12.8 Å². The summed E-state index contributed by atoms with van der Waals surface area (Å²) in [7, 11) is -3.29. The van der Waals surface area contributed by atoms with E-state index in [9.17, 15) is 13.2 Å². The number of rotatable bonds is 4. The van der Waals surface area contributed by atoms with Crippen molar-refractivity contribution in [2.45, 2.75) is 39.3 Å². The Bertz CT molecular complexity index is 415. The smallest absolute Gasteiger partial charge is 0.359 e. The van der Waals surface area contributed by atoms with E-state index in [1.54, 1.807) is 0 Å². The Morgan fingerprint density at radius 2 is 2.10 bits per heavy atom. The lowest BCUT2D eigenvalue weighted by atomic mass is 10.2. The van der Waals surface area contributed by atoms with E-state index in [-0.39, 0.29) is 18.7 Å². The van der Waals surface area contributed by atoms with Gasteiger partial charge in [0.05, 0.1) is 7.11 Å². The largest absolute Gasteiger partial charge is 0.397 e. The van der Waals surface area contributed by atoms with Gasteiger partial charge in [-0.05, 0) is 24.8 Å². The summed E-state index contributed by atoms with van der Waals surface area (Å²) in [6.45, 7) is 4.53. The molecule has 1 amide bonds. The molecule has 1 rings (SSSR count). The second kappa shape index (κ2) is 13.6. The fourth-order valence-corrected chi connectivity index (χ4v) is 1.18. The number of carbonyl (C=O) groups excluding carboxylic acids is 1. The molecule has 21 heavy (non-hydrogen) atoms. The van der Waals surface area contributed by atoms with Crippen molar-refractivity contribution in [3.05, 3.63) is 10.4 Å². The summed E-state index contributed by atoms with van der Waals surface area (Å²) in [6.07, 6.45) is 2.74. The Morgan fingerprint density at radius 1 is 1.52 bits per heavy atom. The highest BCUT2D eigenvalue weighted by molar-refractivity contribution is 7.80. The summed E-state index contributed by atoms with van der Waals surface area (Å²) < 4.78 is 35.0. The zero-order valence-corrected chi connectivity index (χ0v) is 13.2. The van der Waals surface area contributed by atoms with Crippen molar-refractivity contribution < 1.29 is 26.7 Å². The zero-order chi connectivity index (χ0) is 16.7. The van der Waals surface area contributed by atoms with Gasteiger partial charge in [-0.2, -0.15) is 8.42 Å². The number of hydrogen-bond donors (Lipinski definition) is 2. The number of nitrogens with one attached hydrogen (secondary N) is 1. The Labute approximate surface area is 124 Å². The summed E-state index contributed by atoms with van der Waals surface area (Å²) in [6, 6.07) is 0. The van der Waals surface area contributed by atoms with Crippen LogP contribution in [0.25, 0.3) is 10.4 Å². The van der Waals surface area contributed by atoms with E-state index in [4.69, 9.17) is 14.8 Å². The van der Waals surface area contributed by atoms with Gasteiger partial charge in [-0.25, -0.2) is 0 Å². The molecule has 0 aromatic carbocycles. The monoisotopic (exact) mass is 326 g/mol. The van der Waals surface area contributed by atoms with Gasteiger partial charge in [0.15, 0.2) is 0 Å². The molecule has 11 heteroatoms. The molecule has 1 saturated heterocycles. The third-order valence-electron chi connectivity index (χ3n) is 1.99. The molecule has 10 nitrogen and oxygen atoms in total. The highest BCUT2D eigenvalue weighted by Gasteiger charge is 2.15. The van der Waals surface area contributed by atoms with E-state index >= 15 is 0 Å². The lowest BCUT2D eigenvalue weighted by molar-refractivity contribution is -0.125. The molecular formula is C10H22N4O6S. The molecule has 0 aromatic rings. The number of carbonyl (C=O) groups is 1. The maximum absolute atomic E-state index is 11.0. The van der Waals surface area contributed by atoms with Crippen molar-refractivity contribution >= 4 is 16.3 Å². The van der Waals surface area contributed by atoms with Crippen molar-refractivity contribution in [2.24, 2.45) is 5.11 Å². The zero-order valence-electron chi connectivity index (χ0n) is 12.4. The normalized spacial score (nSPS) is 17.0. The molecule has 0 aromatic heterocycles. The van der Waals surface area contributed by atoms with Gasteiger partial charge in [-0.3, -0.25) is 13.5 Å². The maximum atomic E-state index is 11.0. The molecule has 1 heterocycles. The van der Waals surface area contributed by atoms with Crippen molar-refractivity contribution in [1.29, 1.82) is 0 Å². The third kappa shape index (κ3) is 16.6. The van der Waals surface area contributed by atoms with Crippen LogP contribution in [0.2, 0.25) is 0 Å². The first kappa shape index (κ1) is 21.9. The summed E-state index contributed by atoms with van der Waals surface area (Å²) >= 11 is 0. The van der Waals surface area contributed by atoms with Crippen LogP contribution in [0, 0.1) is 0 Å². The number of nitrogens with zero attached hydrogens (tertiary/aromatic N) is 3. The molecule has 1 aliphatic rings. The van der Waals surface area contributed by atoms with Crippen LogP contribution in [0.4, 0.5) is 0 Å². The van der Waals surface area contributed by atoms with Gasteiger partial charge >= 0.3 is 10.4 Å². The first-order valence-electron chi connectivity index (χ1n) is 6.34. The quantitative estimate of drug-likeness (QED) is 0.345. The predicted molar refractivity (Wildman–Crippen MR) is 75.7 cm³/mol. The summed E-state index contributed by atoms with van der Waals surface area (Å²) in [4.78, 5) is 13.5. The van der Waals surface area contributed by atoms with Crippen LogP contribution in [-0.4, -0.2) is 45.4 Å². The van der Waals surface area contributed by atoms with Crippen LogP contribution in [0.1, 0.15) is 33.1 Å². The Hall–Kier alpha value is -1.39. The fourth-order valence-electron chi connectivity index (χ4n) is 1.18. The minimum Gasteiger partial charge on any atom is -0.359 e. The van der Waals surface area contributed by atoms with Crippen molar-refractivity contribution in [2.75, 3.05) is 20.3 Å². The molecule has 0 unspecified atom stereocenters. The van der Waals surface area contributed by atoms with Gasteiger partial charge in [-0.15, -0.1) is 0 Å². The minimum atomic E-state index is -4.16. The van der Waals surface area contributed by atoms with Crippen molar-refractivity contribution in [3.8, 4) is 0 Å². The number of ether oxygens (including phenoxy) is 1. The van der Waals surface area contributed by atoms with Gasteiger partial charge in [-0.1, -0.05) is 19.0 Å². The van der Waals surface area contributed by atoms with Crippen LogP contribution >= 0.6 is 0 Å². The highest BCUT2D eigenvalue weighted by atomic mass is 32.3. The van der Waals surface area contributed by atoms with Crippen molar-refractivity contribution in [3.63, 3.8) is 0 Å². The lowest BCUT2D eigenvalue weighted by Gasteiger charge is -2.22. The van der Waals surface area contributed by atoms with E-state index in [2.05, 4.69) is 19.5 Å². The standard InChI is InChI=1S/C7H12N4O2.C2H6.CH4O4S/c8-11-9-5-6(12)10-7-3-1-2-4-13-7;1-2;1-5-6(2,3)4/h7H,1-5H2,(H,10,12);1-2H3;1H3,(H,2,3,4)/t7-;;/m1../s1. The molecule has 1 fully saturated rings. The molecular weight excluding hydrogens is 304 g/mol. The van der Waals surface area contributed by atoms with Gasteiger partial charge in [0.25, 0.3) is 0 Å². The van der Waals surface area contributed by atoms with Gasteiger partial charge < -0.3 is 10.1 Å². The van der Waals surface area contributed by atoms with E-state index in [0.717, 1.165) is 26.4 Å². The van der Waals surface area contributed by atoms with Crippen molar-refractivity contribution in [1.82, 2.24) is 5.32 Å². The average molecular weight is 326 g/mol. The van der Waals surface area contributed by atoms with E-state index in [1.807, 2.05) is 13.8 Å². The Balaban J connectivity index is 0. The van der Waals surface area contributed by atoms with Crippen LogP contribution < -0.4 is 5.32 Å². The SMILES string of the molecule is CC.COS(=O)(=O)O.[N-]=[N+]=NCC(=O)N[C@H]1CCCCO1. The lowest BCUT2D eigenvalue weighted by Crippen LogP contribution is -2.39. The Kier molecular flexibility index (Phi) is 14.2. The molecule has 0 radical (unpaired) electrons. The first-order chi connectivity index (χ1) is 9.89. The second-order valence-electron chi connectivity index (χ2n) is 3.41. The van der Waals surface area contributed by atoms with E-state index in [1.165, 1.54) is 0 Å². The number of amides is 1. The molecule has 0 bridgehead atoms. The predicted octanol–water partition coefficient (Wildman–Crippen LogP) is 1.40. The fraction of sp³-hybridized carbons (Fsp3) is 0.900. The van der Waals surface area contributed by atoms with Gasteiger partial charge in [0.2, 0.25) is 5.91 Å². The number of azide groups is 1. The molecule has 2 N–H and O–H groups in total. The molecule has 1 aliphatic heterocycles. The number of hydrogen-bond acceptors (Lipinski definition) is 6.